The second kappa shape index (κ2) is 7.11. The maximum absolute atomic E-state index is 11.7. The van der Waals surface area contributed by atoms with Crippen LogP contribution in [0, 0.1) is 0 Å². The summed E-state index contributed by atoms with van der Waals surface area (Å²) in [5.41, 5.74) is -0.462. The van der Waals surface area contributed by atoms with Crippen LogP contribution in [0.15, 0.2) is 0 Å². The number of carboxylic acid groups (broad SMARTS) is 1. The zero-order valence-electron chi connectivity index (χ0n) is 10.9. The van der Waals surface area contributed by atoms with Gasteiger partial charge in [0.1, 0.15) is 6.54 Å². The molecule has 0 radical (unpaired) electrons. The maximum atomic E-state index is 11.7. The number of carboxylic acids is 1. The predicted molar refractivity (Wildman–Crippen MR) is 64.0 cm³/mol. The van der Waals surface area contributed by atoms with E-state index in [9.17, 15) is 9.59 Å². The zero-order valence-corrected chi connectivity index (χ0v) is 10.9. The van der Waals surface area contributed by atoms with Gasteiger partial charge in [-0.15, -0.1) is 0 Å². The number of nitrogens with zero attached hydrogens (tertiary/aromatic N) is 1. The van der Waals surface area contributed by atoms with Crippen LogP contribution in [0.5, 0.6) is 0 Å². The van der Waals surface area contributed by atoms with Crippen molar-refractivity contribution in [3.8, 4) is 0 Å². The Kier molecular flexibility index (Phi) is 6.57. The molecule has 2 N–H and O–H groups in total. The highest BCUT2D eigenvalue weighted by Crippen LogP contribution is 2.05. The van der Waals surface area contributed by atoms with Gasteiger partial charge in [0.05, 0.1) is 5.60 Å². The lowest BCUT2D eigenvalue weighted by molar-refractivity contribution is -0.137. The van der Waals surface area contributed by atoms with Gasteiger partial charge >= 0.3 is 12.0 Å². The lowest BCUT2D eigenvalue weighted by atomic mass is 10.1. The van der Waals surface area contributed by atoms with Crippen LogP contribution >= 0.6 is 0 Å². The molecular formula is C11H22N2O4. The van der Waals surface area contributed by atoms with E-state index in [1.54, 1.807) is 7.11 Å². The Bertz CT molecular complexity index is 266. The Morgan fingerprint density at radius 3 is 2.41 bits per heavy atom. The minimum atomic E-state index is -1.01. The second-order valence-electron chi connectivity index (χ2n) is 4.44. The van der Waals surface area contributed by atoms with E-state index in [0.717, 1.165) is 0 Å². The number of amides is 2. The number of rotatable bonds is 7. The van der Waals surface area contributed by atoms with E-state index in [0.29, 0.717) is 19.5 Å². The minimum Gasteiger partial charge on any atom is -0.480 e. The molecule has 0 aromatic carbocycles. The van der Waals surface area contributed by atoms with Crippen LogP contribution in [-0.4, -0.2) is 54.4 Å². The monoisotopic (exact) mass is 246 g/mol. The van der Waals surface area contributed by atoms with Gasteiger partial charge in [0, 0.05) is 20.2 Å². The summed E-state index contributed by atoms with van der Waals surface area (Å²) < 4.78 is 5.16. The van der Waals surface area contributed by atoms with E-state index in [1.807, 2.05) is 20.8 Å². The topological polar surface area (TPSA) is 78.9 Å². The Labute approximate surface area is 102 Å². The molecule has 0 aliphatic heterocycles. The van der Waals surface area contributed by atoms with Gasteiger partial charge in [0.2, 0.25) is 0 Å². The third-order valence-electron chi connectivity index (χ3n) is 2.32. The van der Waals surface area contributed by atoms with Crippen molar-refractivity contribution in [2.24, 2.45) is 0 Å². The van der Waals surface area contributed by atoms with Crippen LogP contribution in [-0.2, 0) is 9.53 Å². The molecule has 0 saturated carbocycles. The van der Waals surface area contributed by atoms with E-state index >= 15 is 0 Å². The smallest absolute Gasteiger partial charge is 0.323 e. The van der Waals surface area contributed by atoms with Gasteiger partial charge < -0.3 is 20.1 Å². The Morgan fingerprint density at radius 2 is 2.00 bits per heavy atom. The summed E-state index contributed by atoms with van der Waals surface area (Å²) in [5.74, 6) is -1.01. The molecule has 0 atom stereocenters. The van der Waals surface area contributed by atoms with E-state index < -0.39 is 11.6 Å². The number of urea groups is 1. The molecule has 0 saturated heterocycles. The van der Waals surface area contributed by atoms with E-state index in [1.165, 1.54) is 4.90 Å². The fourth-order valence-electron chi connectivity index (χ4n) is 1.16. The number of nitrogens with one attached hydrogen (secondary N) is 1. The maximum Gasteiger partial charge on any atom is 0.323 e. The summed E-state index contributed by atoms with van der Waals surface area (Å²) in [6.07, 6.45) is 0.717. The fraction of sp³-hybridized carbons (Fsp3) is 0.818. The molecule has 6 nitrogen and oxygen atoms in total. The fourth-order valence-corrected chi connectivity index (χ4v) is 1.16. The van der Waals surface area contributed by atoms with Crippen molar-refractivity contribution < 1.29 is 19.4 Å². The molecule has 0 rings (SSSR count). The molecule has 0 aromatic heterocycles. The number of ether oxygens (including phenoxy) is 1. The minimum absolute atomic E-state index is 0.285. The molecule has 0 bridgehead atoms. The lowest BCUT2D eigenvalue weighted by Crippen LogP contribution is -2.47. The lowest BCUT2D eigenvalue weighted by Gasteiger charge is -2.26. The first kappa shape index (κ1) is 15.7. The number of carbonyl (C=O) groups excluding carboxylic acids is 1. The highest BCUT2D eigenvalue weighted by molar-refractivity contribution is 5.80. The Morgan fingerprint density at radius 1 is 1.41 bits per heavy atom. The van der Waals surface area contributed by atoms with Gasteiger partial charge in [-0.3, -0.25) is 4.79 Å². The Balaban J connectivity index is 4.27. The molecule has 0 heterocycles. The van der Waals surface area contributed by atoms with Crippen LogP contribution in [0.2, 0.25) is 0 Å². The van der Waals surface area contributed by atoms with Crippen LogP contribution in [0.4, 0.5) is 4.79 Å². The normalized spacial score (nSPS) is 11.1. The zero-order chi connectivity index (χ0) is 13.5. The molecule has 6 heteroatoms. The highest BCUT2D eigenvalue weighted by atomic mass is 16.5. The van der Waals surface area contributed by atoms with Gasteiger partial charge in [-0.25, -0.2) is 4.79 Å². The molecule has 0 unspecified atom stereocenters. The first-order valence-electron chi connectivity index (χ1n) is 5.62. The van der Waals surface area contributed by atoms with Crippen LogP contribution in [0.1, 0.15) is 27.2 Å². The molecular weight excluding hydrogens is 224 g/mol. The molecule has 2 amide bonds. The van der Waals surface area contributed by atoms with Crippen molar-refractivity contribution in [3.63, 3.8) is 0 Å². The van der Waals surface area contributed by atoms with Gasteiger partial charge in [-0.1, -0.05) is 6.92 Å². The predicted octanol–water partition coefficient (Wildman–Crippen LogP) is 0.918. The van der Waals surface area contributed by atoms with Gasteiger partial charge in [-0.05, 0) is 20.3 Å². The van der Waals surface area contributed by atoms with Crippen molar-refractivity contribution in [2.75, 3.05) is 26.7 Å². The van der Waals surface area contributed by atoms with Crippen molar-refractivity contribution in [1.29, 1.82) is 0 Å². The van der Waals surface area contributed by atoms with Crippen LogP contribution < -0.4 is 5.32 Å². The molecule has 17 heavy (non-hydrogen) atoms. The number of hydrogen-bond acceptors (Lipinski definition) is 3. The summed E-state index contributed by atoms with van der Waals surface area (Å²) >= 11 is 0. The van der Waals surface area contributed by atoms with E-state index in [4.69, 9.17) is 9.84 Å². The van der Waals surface area contributed by atoms with E-state index in [-0.39, 0.29) is 12.6 Å². The van der Waals surface area contributed by atoms with E-state index in [2.05, 4.69) is 5.32 Å². The van der Waals surface area contributed by atoms with Gasteiger partial charge in [0.15, 0.2) is 0 Å². The number of hydrogen-bond donors (Lipinski definition) is 2. The summed E-state index contributed by atoms with van der Waals surface area (Å²) in [6.45, 7) is 6.05. The highest BCUT2D eigenvalue weighted by Gasteiger charge is 2.20. The third kappa shape index (κ3) is 6.78. The first-order chi connectivity index (χ1) is 7.82. The third-order valence-corrected chi connectivity index (χ3v) is 2.32. The summed E-state index contributed by atoms with van der Waals surface area (Å²) in [6, 6.07) is -0.376. The van der Waals surface area contributed by atoms with Crippen LogP contribution in [0.25, 0.3) is 0 Å². The second-order valence-corrected chi connectivity index (χ2v) is 4.44. The van der Waals surface area contributed by atoms with Gasteiger partial charge in [-0.2, -0.15) is 0 Å². The van der Waals surface area contributed by atoms with Crippen molar-refractivity contribution >= 4 is 12.0 Å². The molecule has 0 aliphatic rings. The number of aliphatic carboxylic acids is 1. The SMILES string of the molecule is CCCN(CC(=O)O)C(=O)NCC(C)(C)OC. The molecule has 100 valence electrons. The van der Waals surface area contributed by atoms with Crippen molar-refractivity contribution in [1.82, 2.24) is 10.2 Å². The summed E-state index contributed by atoms with van der Waals surface area (Å²) in [4.78, 5) is 23.6. The Hall–Kier alpha value is -1.30. The van der Waals surface area contributed by atoms with Crippen LogP contribution in [0.3, 0.4) is 0 Å². The largest absolute Gasteiger partial charge is 0.480 e. The number of methoxy groups -OCH3 is 1. The van der Waals surface area contributed by atoms with Gasteiger partial charge in [0.25, 0.3) is 0 Å². The number of carbonyl (C=O) groups is 2. The van der Waals surface area contributed by atoms with Crippen molar-refractivity contribution in [3.05, 3.63) is 0 Å². The molecule has 0 spiro atoms. The summed E-state index contributed by atoms with van der Waals surface area (Å²) in [7, 11) is 1.56. The average Bonchev–Trinajstić information content (AvgIpc) is 2.25. The summed E-state index contributed by atoms with van der Waals surface area (Å²) in [5, 5.41) is 11.4. The standard InChI is InChI=1S/C11H22N2O4/c1-5-6-13(7-9(14)15)10(16)12-8-11(2,3)17-4/h5-8H2,1-4H3,(H,12,16)(H,14,15). The first-order valence-corrected chi connectivity index (χ1v) is 5.62. The average molecular weight is 246 g/mol. The molecule has 0 aliphatic carbocycles. The van der Waals surface area contributed by atoms with Crippen molar-refractivity contribution in [2.45, 2.75) is 32.8 Å². The molecule has 0 fully saturated rings. The quantitative estimate of drug-likeness (QED) is 0.700. The molecule has 0 aromatic rings.